The minimum absolute atomic E-state index is 0.0306. The predicted octanol–water partition coefficient (Wildman–Crippen LogP) is 1.87. The van der Waals surface area contributed by atoms with Crippen molar-refractivity contribution in [3.05, 3.63) is 24.3 Å². The maximum Gasteiger partial charge on any atom is 0.344 e. The van der Waals surface area contributed by atoms with Crippen LogP contribution >= 0.6 is 0 Å². The first kappa shape index (κ1) is 12.9. The first-order chi connectivity index (χ1) is 7.63. The molecule has 0 bridgehead atoms. The average molecular weight is 241 g/mol. The first-order valence-electron chi connectivity index (χ1n) is 5.09. The van der Waals surface area contributed by atoms with Crippen LogP contribution < -0.4 is 4.74 Å². The molecule has 0 amide bonds. The molecule has 0 saturated carbocycles. The van der Waals surface area contributed by atoms with E-state index in [1.54, 1.807) is 6.92 Å². The Morgan fingerprint density at radius 1 is 1.25 bits per heavy atom. The van der Waals surface area contributed by atoms with Crippen molar-refractivity contribution in [2.75, 3.05) is 25.7 Å². The van der Waals surface area contributed by atoms with Crippen LogP contribution in [0.1, 0.15) is 6.92 Å². The summed E-state index contributed by atoms with van der Waals surface area (Å²) in [7, 11) is 0.250. The molecule has 0 aliphatic carbocycles. The lowest BCUT2D eigenvalue weighted by atomic mass is 10.3. The van der Waals surface area contributed by atoms with Gasteiger partial charge in [-0.1, -0.05) is 0 Å². The summed E-state index contributed by atoms with van der Waals surface area (Å²) in [5, 5.41) is 0. The van der Waals surface area contributed by atoms with Crippen molar-refractivity contribution in [2.24, 2.45) is 0 Å². The highest BCUT2D eigenvalue weighted by Crippen LogP contribution is 2.15. The molecule has 1 aromatic carbocycles. The first-order valence-corrected chi connectivity index (χ1v) is 7.13. The summed E-state index contributed by atoms with van der Waals surface area (Å²) in [5.74, 6) is 0.361. The smallest absolute Gasteiger partial charge is 0.344 e. The van der Waals surface area contributed by atoms with Crippen molar-refractivity contribution in [2.45, 2.75) is 11.8 Å². The Balaban J connectivity index is 2.46. The zero-order valence-corrected chi connectivity index (χ0v) is 10.7. The van der Waals surface area contributed by atoms with E-state index in [1.165, 1.54) is 4.90 Å². The molecule has 0 aliphatic rings. The van der Waals surface area contributed by atoms with Gasteiger partial charge in [0.05, 0.1) is 6.61 Å². The molecule has 3 nitrogen and oxygen atoms in total. The molecule has 88 valence electrons. The van der Waals surface area contributed by atoms with Crippen LogP contribution in [0, 0.1) is 0 Å². The summed E-state index contributed by atoms with van der Waals surface area (Å²) in [5.41, 5.74) is 0. The van der Waals surface area contributed by atoms with Gasteiger partial charge in [0.15, 0.2) is 11.5 Å². The van der Waals surface area contributed by atoms with Crippen LogP contribution in [0.5, 0.6) is 5.75 Å². The number of hydrogen-bond donors (Lipinski definition) is 0. The normalized spacial score (nSPS) is 10.2. The summed E-state index contributed by atoms with van der Waals surface area (Å²) in [6, 6.07) is 7.79. The third-order valence-electron chi connectivity index (χ3n) is 1.96. The fourth-order valence-corrected chi connectivity index (χ4v) is 1.83. The van der Waals surface area contributed by atoms with E-state index in [0.717, 1.165) is 0 Å². The Morgan fingerprint density at radius 3 is 2.38 bits per heavy atom. The molecule has 0 aliphatic heterocycles. The summed E-state index contributed by atoms with van der Waals surface area (Å²) in [6.45, 7) is 2.13. The molecule has 0 aromatic heterocycles. The van der Waals surface area contributed by atoms with Crippen molar-refractivity contribution >= 4 is 16.9 Å². The van der Waals surface area contributed by atoms with E-state index >= 15 is 0 Å². The highest BCUT2D eigenvalue weighted by Gasteiger charge is 2.08. The van der Waals surface area contributed by atoms with Crippen LogP contribution in [0.25, 0.3) is 0 Å². The van der Waals surface area contributed by atoms with E-state index in [1.807, 2.05) is 24.3 Å². The molecule has 16 heavy (non-hydrogen) atoms. The Morgan fingerprint density at radius 2 is 1.88 bits per heavy atom. The number of benzene rings is 1. The highest BCUT2D eigenvalue weighted by molar-refractivity contribution is 7.95. The SMILES string of the molecule is CCOC(=O)COc1ccc([S+](C)C)cc1. The molecule has 0 saturated heterocycles. The van der Waals surface area contributed by atoms with E-state index in [4.69, 9.17) is 9.47 Å². The third kappa shape index (κ3) is 4.14. The monoisotopic (exact) mass is 241 g/mol. The molecule has 0 N–H and O–H groups in total. The Labute approximate surface area is 99.1 Å². The Bertz CT molecular complexity index is 333. The van der Waals surface area contributed by atoms with E-state index < -0.39 is 0 Å². The number of rotatable bonds is 5. The number of hydrogen-bond acceptors (Lipinski definition) is 3. The summed E-state index contributed by atoms with van der Waals surface area (Å²) in [6.07, 6.45) is 4.32. The quantitative estimate of drug-likeness (QED) is 0.583. The van der Waals surface area contributed by atoms with Crippen molar-refractivity contribution in [1.82, 2.24) is 0 Å². The maximum atomic E-state index is 11.0. The second-order valence-corrected chi connectivity index (χ2v) is 5.49. The maximum absolute atomic E-state index is 11.0. The molecule has 0 radical (unpaired) electrons. The summed E-state index contributed by atoms with van der Waals surface area (Å²) < 4.78 is 10.0. The summed E-state index contributed by atoms with van der Waals surface area (Å²) in [4.78, 5) is 12.3. The highest BCUT2D eigenvalue weighted by atomic mass is 32.2. The van der Waals surface area contributed by atoms with Gasteiger partial charge < -0.3 is 9.47 Å². The lowest BCUT2D eigenvalue weighted by molar-refractivity contribution is -0.145. The van der Waals surface area contributed by atoms with Crippen molar-refractivity contribution in [3.8, 4) is 5.75 Å². The standard InChI is InChI=1S/C12H17O3S/c1-4-14-12(13)9-15-10-5-7-11(8-6-10)16(2)3/h5-8H,4,9H2,1-3H3/q+1. The predicted molar refractivity (Wildman–Crippen MR) is 66.0 cm³/mol. The average Bonchev–Trinajstić information content (AvgIpc) is 2.27. The fourth-order valence-electron chi connectivity index (χ4n) is 1.15. The molecule has 4 heteroatoms. The van der Waals surface area contributed by atoms with Gasteiger partial charge in [0, 0.05) is 10.9 Å². The third-order valence-corrected chi connectivity index (χ3v) is 3.17. The molecular weight excluding hydrogens is 224 g/mol. The molecule has 0 unspecified atom stereocenters. The van der Waals surface area contributed by atoms with Gasteiger partial charge in [-0.3, -0.25) is 0 Å². The minimum atomic E-state index is -0.336. The molecule has 0 atom stereocenters. The van der Waals surface area contributed by atoms with Crippen LogP contribution in [-0.4, -0.2) is 31.7 Å². The Kier molecular flexibility index (Phi) is 5.19. The van der Waals surface area contributed by atoms with Crippen LogP contribution in [0.15, 0.2) is 29.2 Å². The fraction of sp³-hybridized carbons (Fsp3) is 0.417. The van der Waals surface area contributed by atoms with Gasteiger partial charge in [-0.15, -0.1) is 0 Å². The van der Waals surface area contributed by atoms with Gasteiger partial charge in [0.2, 0.25) is 0 Å². The minimum Gasteiger partial charge on any atom is -0.482 e. The second kappa shape index (κ2) is 6.43. The van der Waals surface area contributed by atoms with Gasteiger partial charge in [-0.25, -0.2) is 4.79 Å². The second-order valence-electron chi connectivity index (χ2n) is 3.38. The number of carbonyl (C=O) groups excluding carboxylic acids is 1. The summed E-state index contributed by atoms with van der Waals surface area (Å²) >= 11 is 0. The number of esters is 1. The van der Waals surface area contributed by atoms with Crippen LogP contribution in [-0.2, 0) is 20.4 Å². The lowest BCUT2D eigenvalue weighted by Crippen LogP contribution is -2.14. The van der Waals surface area contributed by atoms with Crippen LogP contribution in [0.3, 0.4) is 0 Å². The molecule has 0 fully saturated rings. The van der Waals surface area contributed by atoms with Gasteiger partial charge in [0.1, 0.15) is 18.3 Å². The lowest BCUT2D eigenvalue weighted by Gasteiger charge is -2.05. The van der Waals surface area contributed by atoms with Crippen molar-refractivity contribution in [1.29, 1.82) is 0 Å². The van der Waals surface area contributed by atoms with E-state index in [0.29, 0.717) is 12.4 Å². The number of carbonyl (C=O) groups is 1. The van der Waals surface area contributed by atoms with Gasteiger partial charge in [-0.2, -0.15) is 0 Å². The molecule has 0 spiro atoms. The molecule has 1 rings (SSSR count). The van der Waals surface area contributed by atoms with Crippen LogP contribution in [0.2, 0.25) is 0 Å². The number of ether oxygens (including phenoxy) is 2. The van der Waals surface area contributed by atoms with Gasteiger partial charge >= 0.3 is 5.97 Å². The molecule has 0 heterocycles. The van der Waals surface area contributed by atoms with E-state index in [9.17, 15) is 4.79 Å². The van der Waals surface area contributed by atoms with Gasteiger partial charge in [-0.05, 0) is 31.2 Å². The largest absolute Gasteiger partial charge is 0.482 e. The zero-order chi connectivity index (χ0) is 12.0. The topological polar surface area (TPSA) is 35.5 Å². The van der Waals surface area contributed by atoms with Gasteiger partial charge in [0.25, 0.3) is 0 Å². The van der Waals surface area contributed by atoms with Crippen molar-refractivity contribution < 1.29 is 14.3 Å². The van der Waals surface area contributed by atoms with E-state index in [2.05, 4.69) is 12.5 Å². The van der Waals surface area contributed by atoms with E-state index in [-0.39, 0.29) is 23.5 Å². The molecular formula is C12H17O3S+. The molecule has 1 aromatic rings. The van der Waals surface area contributed by atoms with Crippen molar-refractivity contribution in [3.63, 3.8) is 0 Å². The van der Waals surface area contributed by atoms with Crippen LogP contribution in [0.4, 0.5) is 0 Å². The zero-order valence-electron chi connectivity index (χ0n) is 9.86. The Hall–Kier alpha value is -1.16.